The van der Waals surface area contributed by atoms with Crippen LogP contribution in [0.15, 0.2) is 5.38 Å². The van der Waals surface area contributed by atoms with Crippen molar-refractivity contribution in [3.63, 3.8) is 0 Å². The van der Waals surface area contributed by atoms with Gasteiger partial charge in [0.2, 0.25) is 0 Å². The number of rotatable bonds is 4. The second-order valence-corrected chi connectivity index (χ2v) is 5.56. The molecule has 1 saturated heterocycles. The second-order valence-electron chi connectivity index (χ2n) is 4.73. The standard InChI is InChI=1S/C13H20N2O2S/c1-3-4-10-5-7-15(8-6-10)13-14-11(9-18-13)12(16)17-2/h9-10H,3-8H2,1-2H3. The van der Waals surface area contributed by atoms with Gasteiger partial charge in [-0.15, -0.1) is 11.3 Å². The summed E-state index contributed by atoms with van der Waals surface area (Å²) in [6.45, 7) is 4.35. The third-order valence-corrected chi connectivity index (χ3v) is 4.37. The Morgan fingerprint density at radius 1 is 1.56 bits per heavy atom. The Bertz CT molecular complexity index is 397. The normalized spacial score (nSPS) is 16.9. The minimum absolute atomic E-state index is 0.349. The molecule has 2 heterocycles. The molecular weight excluding hydrogens is 248 g/mol. The molecule has 0 spiro atoms. The smallest absolute Gasteiger partial charge is 0.357 e. The Morgan fingerprint density at radius 3 is 2.89 bits per heavy atom. The number of nitrogens with zero attached hydrogens (tertiary/aromatic N) is 2. The second kappa shape index (κ2) is 6.18. The number of hydrogen-bond donors (Lipinski definition) is 0. The lowest BCUT2D eigenvalue weighted by Gasteiger charge is -2.31. The van der Waals surface area contributed by atoms with E-state index in [9.17, 15) is 4.79 Å². The Hall–Kier alpha value is -1.10. The highest BCUT2D eigenvalue weighted by Gasteiger charge is 2.21. The molecule has 100 valence electrons. The van der Waals surface area contributed by atoms with Gasteiger partial charge >= 0.3 is 5.97 Å². The fourth-order valence-electron chi connectivity index (χ4n) is 2.43. The molecule has 0 aliphatic carbocycles. The first-order chi connectivity index (χ1) is 8.74. The van der Waals surface area contributed by atoms with Gasteiger partial charge in [0.25, 0.3) is 0 Å². The highest BCUT2D eigenvalue weighted by molar-refractivity contribution is 7.13. The summed E-state index contributed by atoms with van der Waals surface area (Å²) >= 11 is 1.53. The van der Waals surface area contributed by atoms with Crippen LogP contribution in [0, 0.1) is 5.92 Å². The number of thiazole rings is 1. The van der Waals surface area contributed by atoms with Gasteiger partial charge < -0.3 is 9.64 Å². The first-order valence-corrected chi connectivity index (χ1v) is 7.41. The van der Waals surface area contributed by atoms with E-state index in [1.54, 1.807) is 5.38 Å². The van der Waals surface area contributed by atoms with E-state index in [0.29, 0.717) is 5.69 Å². The van der Waals surface area contributed by atoms with Crippen LogP contribution < -0.4 is 4.90 Å². The summed E-state index contributed by atoms with van der Waals surface area (Å²) in [4.78, 5) is 18.0. The Labute approximate surface area is 112 Å². The van der Waals surface area contributed by atoms with Gasteiger partial charge in [-0.05, 0) is 18.8 Å². The molecule has 1 aliphatic heterocycles. The van der Waals surface area contributed by atoms with Crippen LogP contribution in [-0.2, 0) is 4.74 Å². The van der Waals surface area contributed by atoms with Crippen LogP contribution in [0.4, 0.5) is 5.13 Å². The zero-order valence-corrected chi connectivity index (χ0v) is 11.8. The van der Waals surface area contributed by atoms with E-state index in [1.807, 2.05) is 0 Å². The molecule has 1 aliphatic rings. The van der Waals surface area contributed by atoms with E-state index in [-0.39, 0.29) is 5.97 Å². The summed E-state index contributed by atoms with van der Waals surface area (Å²) in [5.41, 5.74) is 0.424. The van der Waals surface area contributed by atoms with E-state index in [2.05, 4.69) is 21.5 Å². The van der Waals surface area contributed by atoms with Crippen LogP contribution in [0.3, 0.4) is 0 Å². The van der Waals surface area contributed by atoms with Gasteiger partial charge in [0.1, 0.15) is 0 Å². The van der Waals surface area contributed by atoms with Crippen LogP contribution in [0.25, 0.3) is 0 Å². The lowest BCUT2D eigenvalue weighted by atomic mass is 9.93. The summed E-state index contributed by atoms with van der Waals surface area (Å²) in [5.74, 6) is 0.518. The SMILES string of the molecule is CCCC1CCN(c2nc(C(=O)OC)cs2)CC1. The van der Waals surface area contributed by atoms with E-state index in [0.717, 1.165) is 24.1 Å². The fourth-order valence-corrected chi connectivity index (χ4v) is 3.28. The lowest BCUT2D eigenvalue weighted by Crippen LogP contribution is -2.33. The van der Waals surface area contributed by atoms with Crippen LogP contribution in [0.2, 0.25) is 0 Å². The molecule has 0 radical (unpaired) electrons. The summed E-state index contributed by atoms with van der Waals surface area (Å²) in [6, 6.07) is 0. The van der Waals surface area contributed by atoms with Crippen molar-refractivity contribution in [1.29, 1.82) is 0 Å². The predicted octanol–water partition coefficient (Wildman–Crippen LogP) is 2.95. The lowest BCUT2D eigenvalue weighted by molar-refractivity contribution is 0.0595. The average molecular weight is 268 g/mol. The van der Waals surface area contributed by atoms with E-state index < -0.39 is 0 Å². The Morgan fingerprint density at radius 2 is 2.28 bits per heavy atom. The van der Waals surface area contributed by atoms with Crippen molar-refractivity contribution in [2.45, 2.75) is 32.6 Å². The summed E-state index contributed by atoms with van der Waals surface area (Å²) in [5, 5.41) is 2.73. The Balaban J connectivity index is 1.93. The van der Waals surface area contributed by atoms with Crippen molar-refractivity contribution >= 4 is 22.4 Å². The number of piperidine rings is 1. The highest BCUT2D eigenvalue weighted by atomic mass is 32.1. The molecule has 0 N–H and O–H groups in total. The maximum absolute atomic E-state index is 11.4. The molecule has 0 saturated carbocycles. The van der Waals surface area contributed by atoms with Crippen molar-refractivity contribution in [1.82, 2.24) is 4.98 Å². The van der Waals surface area contributed by atoms with Gasteiger partial charge in [-0.3, -0.25) is 0 Å². The first kappa shape index (κ1) is 13.3. The van der Waals surface area contributed by atoms with Crippen molar-refractivity contribution < 1.29 is 9.53 Å². The van der Waals surface area contributed by atoms with E-state index in [1.165, 1.54) is 44.1 Å². The van der Waals surface area contributed by atoms with Gasteiger partial charge in [-0.1, -0.05) is 19.8 Å². The molecule has 0 amide bonds. The fraction of sp³-hybridized carbons (Fsp3) is 0.692. The molecule has 4 nitrogen and oxygen atoms in total. The number of hydrogen-bond acceptors (Lipinski definition) is 5. The molecule has 0 atom stereocenters. The zero-order chi connectivity index (χ0) is 13.0. The molecule has 1 fully saturated rings. The third-order valence-electron chi connectivity index (χ3n) is 3.47. The Kier molecular flexibility index (Phi) is 4.58. The van der Waals surface area contributed by atoms with Gasteiger partial charge in [-0.25, -0.2) is 9.78 Å². The zero-order valence-electron chi connectivity index (χ0n) is 11.0. The molecule has 1 aromatic heterocycles. The largest absolute Gasteiger partial charge is 0.464 e. The van der Waals surface area contributed by atoms with Crippen molar-refractivity contribution in [3.8, 4) is 0 Å². The maximum Gasteiger partial charge on any atom is 0.357 e. The molecule has 0 aromatic carbocycles. The van der Waals surface area contributed by atoms with E-state index in [4.69, 9.17) is 0 Å². The number of anilines is 1. The number of carbonyl (C=O) groups excluding carboxylic acids is 1. The van der Waals surface area contributed by atoms with Gasteiger partial charge in [-0.2, -0.15) is 0 Å². The maximum atomic E-state index is 11.4. The number of methoxy groups -OCH3 is 1. The van der Waals surface area contributed by atoms with Crippen LogP contribution >= 0.6 is 11.3 Å². The molecule has 0 bridgehead atoms. The minimum Gasteiger partial charge on any atom is -0.464 e. The number of carbonyl (C=O) groups is 1. The molecule has 5 heteroatoms. The average Bonchev–Trinajstić information content (AvgIpc) is 2.89. The molecule has 0 unspecified atom stereocenters. The van der Waals surface area contributed by atoms with Gasteiger partial charge in [0.15, 0.2) is 10.8 Å². The van der Waals surface area contributed by atoms with Crippen molar-refractivity contribution in [3.05, 3.63) is 11.1 Å². The summed E-state index contributed by atoms with van der Waals surface area (Å²) in [6.07, 6.45) is 5.08. The molecule has 18 heavy (non-hydrogen) atoms. The summed E-state index contributed by atoms with van der Waals surface area (Å²) in [7, 11) is 1.39. The predicted molar refractivity (Wildman–Crippen MR) is 73.3 cm³/mol. The van der Waals surface area contributed by atoms with E-state index >= 15 is 0 Å². The molecular formula is C13H20N2O2S. The number of aromatic nitrogens is 1. The summed E-state index contributed by atoms with van der Waals surface area (Å²) < 4.78 is 4.67. The third kappa shape index (κ3) is 3.02. The quantitative estimate of drug-likeness (QED) is 0.787. The topological polar surface area (TPSA) is 42.4 Å². The van der Waals surface area contributed by atoms with Crippen LogP contribution in [0.5, 0.6) is 0 Å². The minimum atomic E-state index is -0.349. The molecule has 1 aromatic rings. The number of esters is 1. The van der Waals surface area contributed by atoms with Crippen molar-refractivity contribution in [2.75, 3.05) is 25.1 Å². The number of ether oxygens (including phenoxy) is 1. The van der Waals surface area contributed by atoms with Gasteiger partial charge in [0.05, 0.1) is 7.11 Å². The molecule has 2 rings (SSSR count). The van der Waals surface area contributed by atoms with Crippen LogP contribution in [0.1, 0.15) is 43.1 Å². The monoisotopic (exact) mass is 268 g/mol. The first-order valence-electron chi connectivity index (χ1n) is 6.53. The van der Waals surface area contributed by atoms with Crippen molar-refractivity contribution in [2.24, 2.45) is 5.92 Å². The van der Waals surface area contributed by atoms with Crippen LogP contribution in [-0.4, -0.2) is 31.2 Å². The highest BCUT2D eigenvalue weighted by Crippen LogP contribution is 2.28. The van der Waals surface area contributed by atoms with Gasteiger partial charge in [0, 0.05) is 18.5 Å².